The van der Waals surface area contributed by atoms with Crippen molar-refractivity contribution in [3.63, 3.8) is 0 Å². The summed E-state index contributed by atoms with van der Waals surface area (Å²) >= 11 is 1.79. The average Bonchev–Trinajstić information content (AvgIpc) is 2.17. The van der Waals surface area contributed by atoms with E-state index in [9.17, 15) is 4.21 Å². The van der Waals surface area contributed by atoms with Crippen molar-refractivity contribution < 1.29 is 8.39 Å². The Morgan fingerprint density at radius 2 is 2.13 bits per heavy atom. The Kier molecular flexibility index (Phi) is 6.69. The van der Waals surface area contributed by atoms with E-state index in [4.69, 9.17) is 4.18 Å². The molecule has 0 heterocycles. The van der Waals surface area contributed by atoms with Gasteiger partial charge in [-0.3, -0.25) is 4.18 Å². The number of halogens is 1. The molecular formula is C11H21IO2S. The zero-order valence-corrected chi connectivity index (χ0v) is 12.6. The lowest BCUT2D eigenvalue weighted by molar-refractivity contribution is 0.182. The normalized spacial score (nSPS) is 33.9. The van der Waals surface area contributed by atoms with Gasteiger partial charge in [0.05, 0.1) is 27.8 Å². The number of hydrogen-bond acceptors (Lipinski definition) is 2. The first-order valence-electron chi connectivity index (χ1n) is 5.81. The van der Waals surface area contributed by atoms with Crippen LogP contribution in [0.2, 0.25) is 0 Å². The molecular weight excluding hydrogens is 323 g/mol. The van der Waals surface area contributed by atoms with Crippen LogP contribution < -0.4 is 0 Å². The Balaban J connectivity index is 2.16. The molecule has 0 aliphatic heterocycles. The molecule has 0 aromatic rings. The second-order valence-electron chi connectivity index (χ2n) is 4.81. The molecule has 0 spiro atoms. The van der Waals surface area contributed by atoms with Gasteiger partial charge in [-0.15, -0.1) is 0 Å². The average molecular weight is 344 g/mol. The van der Waals surface area contributed by atoms with Crippen LogP contribution in [-0.2, 0) is 12.4 Å². The summed E-state index contributed by atoms with van der Waals surface area (Å²) in [6.45, 7) is 5.37. The van der Waals surface area contributed by atoms with Gasteiger partial charge in [0.1, 0.15) is 0 Å². The van der Waals surface area contributed by atoms with Gasteiger partial charge >= 0.3 is 0 Å². The lowest BCUT2D eigenvalue weighted by Crippen LogP contribution is -2.21. The predicted molar refractivity (Wildman–Crippen MR) is 73.0 cm³/mol. The van der Waals surface area contributed by atoms with Gasteiger partial charge in [-0.2, -0.15) is 0 Å². The van der Waals surface area contributed by atoms with Crippen LogP contribution in [0, 0.1) is 17.8 Å². The molecule has 1 fully saturated rings. The molecule has 90 valence electrons. The molecule has 4 heteroatoms. The van der Waals surface area contributed by atoms with Crippen LogP contribution in [0.5, 0.6) is 0 Å². The molecule has 1 saturated carbocycles. The smallest absolute Gasteiger partial charge is 0.219 e. The van der Waals surface area contributed by atoms with E-state index < -0.39 is 8.25 Å². The third-order valence-electron chi connectivity index (χ3n) is 3.52. The van der Waals surface area contributed by atoms with Crippen LogP contribution in [0.15, 0.2) is 0 Å². The second-order valence-corrected chi connectivity index (χ2v) is 7.60. The monoisotopic (exact) mass is 344 g/mol. The highest BCUT2D eigenvalue weighted by atomic mass is 127. The topological polar surface area (TPSA) is 26.3 Å². The molecule has 0 saturated heterocycles. The van der Waals surface area contributed by atoms with Gasteiger partial charge in [0.2, 0.25) is 8.25 Å². The quantitative estimate of drug-likeness (QED) is 0.430. The van der Waals surface area contributed by atoms with Crippen LogP contribution in [-0.4, -0.2) is 10.8 Å². The Bertz CT molecular complexity index is 211. The fourth-order valence-corrected chi connectivity index (χ4v) is 3.31. The van der Waals surface area contributed by atoms with E-state index in [1.54, 1.807) is 21.2 Å². The highest BCUT2D eigenvalue weighted by molar-refractivity contribution is 14.2. The largest absolute Gasteiger partial charge is 0.283 e. The second kappa shape index (κ2) is 7.22. The summed E-state index contributed by atoms with van der Waals surface area (Å²) in [6, 6.07) is 0. The molecule has 0 N–H and O–H groups in total. The summed E-state index contributed by atoms with van der Waals surface area (Å²) in [5.74, 6) is 2.62. The van der Waals surface area contributed by atoms with Gasteiger partial charge in [-0.25, -0.2) is 4.21 Å². The van der Waals surface area contributed by atoms with Crippen molar-refractivity contribution in [3.05, 3.63) is 0 Å². The van der Waals surface area contributed by atoms with Gasteiger partial charge in [0.15, 0.2) is 0 Å². The van der Waals surface area contributed by atoms with E-state index >= 15 is 0 Å². The molecule has 0 aromatic carbocycles. The molecule has 1 rings (SSSR count). The van der Waals surface area contributed by atoms with E-state index in [-0.39, 0.29) is 0 Å². The van der Waals surface area contributed by atoms with E-state index in [1.165, 1.54) is 25.7 Å². The van der Waals surface area contributed by atoms with E-state index in [0.717, 1.165) is 24.2 Å². The van der Waals surface area contributed by atoms with E-state index in [0.29, 0.717) is 6.61 Å². The minimum Gasteiger partial charge on any atom is -0.283 e. The first-order chi connectivity index (χ1) is 7.09. The van der Waals surface area contributed by atoms with Crippen molar-refractivity contribution in [2.75, 3.05) is 6.61 Å². The fraction of sp³-hybridized carbons (Fsp3) is 1.00. The first kappa shape index (κ1) is 13.9. The van der Waals surface area contributed by atoms with Gasteiger partial charge in [0.25, 0.3) is 0 Å². The summed E-state index contributed by atoms with van der Waals surface area (Å²) in [5.41, 5.74) is 0. The lowest BCUT2D eigenvalue weighted by Gasteiger charge is -2.32. The van der Waals surface area contributed by atoms with Gasteiger partial charge in [0, 0.05) is 0 Å². The minimum absolute atomic E-state index is 0.646. The van der Waals surface area contributed by atoms with Crippen molar-refractivity contribution >= 4 is 29.5 Å². The highest BCUT2D eigenvalue weighted by Crippen LogP contribution is 2.35. The standard InChI is InChI=1S/C11H21IO2S/c1-9-5-6-10(2)11(8-9)4-3-7-14-15(12)13/h9-11H,3-8H2,1-2H3. The van der Waals surface area contributed by atoms with Crippen LogP contribution in [0.1, 0.15) is 46.0 Å². The molecule has 1 aliphatic rings. The Morgan fingerprint density at radius 3 is 2.80 bits per heavy atom. The molecule has 0 radical (unpaired) electrons. The van der Waals surface area contributed by atoms with Crippen molar-refractivity contribution in [1.82, 2.24) is 0 Å². The molecule has 0 bridgehead atoms. The van der Waals surface area contributed by atoms with Crippen LogP contribution in [0.3, 0.4) is 0 Å². The fourth-order valence-electron chi connectivity index (χ4n) is 2.52. The number of hydrogen-bond donors (Lipinski definition) is 0. The highest BCUT2D eigenvalue weighted by Gasteiger charge is 2.24. The molecule has 15 heavy (non-hydrogen) atoms. The Morgan fingerprint density at radius 1 is 1.40 bits per heavy atom. The Labute approximate surface area is 108 Å². The lowest BCUT2D eigenvalue weighted by atomic mass is 9.74. The molecule has 0 amide bonds. The molecule has 4 atom stereocenters. The van der Waals surface area contributed by atoms with Crippen molar-refractivity contribution in [3.8, 4) is 0 Å². The SMILES string of the molecule is CC1CCC(C)C(CCCOS(=O)I)C1. The summed E-state index contributed by atoms with van der Waals surface area (Å²) in [6.07, 6.45) is 6.43. The van der Waals surface area contributed by atoms with Crippen LogP contribution >= 0.6 is 21.2 Å². The minimum atomic E-state index is -1.12. The number of rotatable bonds is 5. The van der Waals surface area contributed by atoms with Gasteiger partial charge in [-0.1, -0.05) is 26.7 Å². The molecule has 2 nitrogen and oxygen atoms in total. The summed E-state index contributed by atoms with van der Waals surface area (Å²) in [7, 11) is -1.12. The maximum Gasteiger partial charge on any atom is 0.219 e. The summed E-state index contributed by atoms with van der Waals surface area (Å²) in [5, 5.41) is 0. The van der Waals surface area contributed by atoms with Crippen LogP contribution in [0.25, 0.3) is 0 Å². The van der Waals surface area contributed by atoms with E-state index in [2.05, 4.69) is 13.8 Å². The molecule has 0 aromatic heterocycles. The third-order valence-corrected chi connectivity index (χ3v) is 4.63. The van der Waals surface area contributed by atoms with Gasteiger partial charge in [-0.05, 0) is 37.0 Å². The third kappa shape index (κ3) is 5.63. The maximum absolute atomic E-state index is 10.7. The zero-order valence-electron chi connectivity index (χ0n) is 9.58. The molecule has 4 unspecified atom stereocenters. The first-order valence-corrected chi connectivity index (χ1v) is 9.42. The Hall–Kier alpha value is 0.840. The van der Waals surface area contributed by atoms with Gasteiger partial charge < -0.3 is 0 Å². The maximum atomic E-state index is 10.7. The van der Waals surface area contributed by atoms with Crippen molar-refractivity contribution in [1.29, 1.82) is 0 Å². The molecule has 1 aliphatic carbocycles. The summed E-state index contributed by atoms with van der Waals surface area (Å²) in [4.78, 5) is 0. The van der Waals surface area contributed by atoms with E-state index in [1.807, 2.05) is 0 Å². The summed E-state index contributed by atoms with van der Waals surface area (Å²) < 4.78 is 15.7. The predicted octanol–water partition coefficient (Wildman–Crippen LogP) is 3.87. The van der Waals surface area contributed by atoms with Crippen molar-refractivity contribution in [2.45, 2.75) is 46.0 Å². The zero-order chi connectivity index (χ0) is 11.3. The van der Waals surface area contributed by atoms with Crippen molar-refractivity contribution in [2.24, 2.45) is 17.8 Å². The van der Waals surface area contributed by atoms with Crippen LogP contribution in [0.4, 0.5) is 0 Å².